The zero-order valence-electron chi connectivity index (χ0n) is 17.5. The normalized spacial score (nSPS) is 18.1. The van der Waals surface area contributed by atoms with E-state index in [-0.39, 0.29) is 11.9 Å². The van der Waals surface area contributed by atoms with Crippen molar-refractivity contribution in [2.75, 3.05) is 19.6 Å². The van der Waals surface area contributed by atoms with Crippen LogP contribution in [-0.4, -0.2) is 41.7 Å². The zero-order valence-corrected chi connectivity index (χ0v) is 17.5. The molecule has 0 radical (unpaired) electrons. The van der Waals surface area contributed by atoms with E-state index in [1.165, 1.54) is 16.3 Å². The smallest absolute Gasteiger partial charge is 0.240 e. The van der Waals surface area contributed by atoms with Gasteiger partial charge in [-0.1, -0.05) is 60.4 Å². The van der Waals surface area contributed by atoms with E-state index in [1.54, 1.807) is 11.0 Å². The first-order valence-corrected chi connectivity index (χ1v) is 10.2. The Balaban J connectivity index is 1.53. The summed E-state index contributed by atoms with van der Waals surface area (Å²) >= 11 is 0. The molecule has 4 nitrogen and oxygen atoms in total. The topological polar surface area (TPSA) is 52.6 Å². The number of carbonyl (C=O) groups excluding carboxylic acids is 1. The predicted molar refractivity (Wildman–Crippen MR) is 118 cm³/mol. The summed E-state index contributed by atoms with van der Waals surface area (Å²) in [5.41, 5.74) is 0.528. The molecule has 1 aliphatic rings. The van der Waals surface area contributed by atoms with Gasteiger partial charge < -0.3 is 15.3 Å². The van der Waals surface area contributed by atoms with E-state index in [2.05, 4.69) is 66.5 Å². The molecule has 0 aliphatic carbocycles. The third-order valence-electron chi connectivity index (χ3n) is 5.40. The lowest BCUT2D eigenvalue weighted by molar-refractivity contribution is -0.136. The van der Waals surface area contributed by atoms with Crippen molar-refractivity contribution in [1.29, 1.82) is 0 Å². The van der Waals surface area contributed by atoms with E-state index in [0.717, 1.165) is 0 Å². The molecule has 4 heteroatoms. The largest absolute Gasteiger partial charge is 0.391 e. The molecule has 1 unspecified atom stereocenters. The van der Waals surface area contributed by atoms with Crippen LogP contribution in [0.4, 0.5) is 0 Å². The number of allylic oxidation sites excluding steroid dienone is 1. The van der Waals surface area contributed by atoms with E-state index in [0.29, 0.717) is 26.1 Å². The van der Waals surface area contributed by atoms with Crippen LogP contribution >= 0.6 is 0 Å². The number of aliphatic hydroxyl groups excluding tert-OH is 1. The Kier molecular flexibility index (Phi) is 6.74. The molecule has 0 saturated carbocycles. The number of likely N-dealkylation sites (tertiary alicyclic amines) is 1. The molecule has 1 saturated heterocycles. The molecule has 1 heterocycles. The second kappa shape index (κ2) is 9.26. The van der Waals surface area contributed by atoms with Gasteiger partial charge in [0, 0.05) is 25.7 Å². The molecular formula is C25H30N2O2. The summed E-state index contributed by atoms with van der Waals surface area (Å²) in [7, 11) is 0. The molecule has 0 spiro atoms. The lowest BCUT2D eigenvalue weighted by Crippen LogP contribution is -2.39. The minimum Gasteiger partial charge on any atom is -0.391 e. The molecule has 29 heavy (non-hydrogen) atoms. The fourth-order valence-electron chi connectivity index (χ4n) is 3.70. The minimum absolute atomic E-state index is 0.0161. The SMILES string of the molecule is C[C@@H](NCC=CC#CC(C)(C)C(=O)N1CCC(O)C1)c1cccc2ccccc12. The molecule has 2 aromatic carbocycles. The fourth-order valence-corrected chi connectivity index (χ4v) is 3.70. The van der Waals surface area contributed by atoms with Crippen LogP contribution in [0.2, 0.25) is 0 Å². The molecule has 1 amide bonds. The summed E-state index contributed by atoms with van der Waals surface area (Å²) in [6.07, 6.45) is 4.03. The Hall–Kier alpha value is -2.61. The Morgan fingerprint density at radius 2 is 2.07 bits per heavy atom. The first-order chi connectivity index (χ1) is 13.9. The monoisotopic (exact) mass is 390 g/mol. The maximum absolute atomic E-state index is 12.6. The second-order valence-corrected chi connectivity index (χ2v) is 8.19. The van der Waals surface area contributed by atoms with Crippen LogP contribution in [0.15, 0.2) is 54.6 Å². The van der Waals surface area contributed by atoms with E-state index in [4.69, 9.17) is 0 Å². The summed E-state index contributed by atoms with van der Waals surface area (Å²) in [6, 6.07) is 15.0. The van der Waals surface area contributed by atoms with Crippen LogP contribution in [0.25, 0.3) is 10.8 Å². The summed E-state index contributed by atoms with van der Waals surface area (Å²) < 4.78 is 0. The summed E-state index contributed by atoms with van der Waals surface area (Å²) in [5, 5.41) is 15.6. The van der Waals surface area contributed by atoms with Gasteiger partial charge in [0.15, 0.2) is 0 Å². The standard InChI is InChI=1S/C25H30N2O2/c1-19(22-13-9-11-20-10-5-6-12-23(20)22)26-16-8-4-7-15-25(2,3)24(29)27-17-14-21(28)18-27/h4-6,8-13,19,21,26,28H,14,16-18H2,1-3H3/t19-,21?/m1/s1. The highest BCUT2D eigenvalue weighted by molar-refractivity contribution is 5.86. The average Bonchev–Trinajstić information content (AvgIpc) is 3.15. The number of hydrogen-bond acceptors (Lipinski definition) is 3. The van der Waals surface area contributed by atoms with Gasteiger partial charge in [-0.25, -0.2) is 0 Å². The van der Waals surface area contributed by atoms with Gasteiger partial charge in [0.25, 0.3) is 0 Å². The Bertz CT molecular complexity index is 947. The Labute approximate surface area is 173 Å². The van der Waals surface area contributed by atoms with Crippen LogP contribution in [0.1, 0.15) is 38.8 Å². The Morgan fingerprint density at radius 1 is 1.31 bits per heavy atom. The van der Waals surface area contributed by atoms with Gasteiger partial charge in [0.1, 0.15) is 5.41 Å². The first-order valence-electron chi connectivity index (χ1n) is 10.2. The number of β-amino-alcohol motifs (C(OH)–C–C–N with tert-alkyl or cyclic N) is 1. The number of carbonyl (C=O) groups is 1. The zero-order chi connectivity index (χ0) is 20.9. The lowest BCUT2D eigenvalue weighted by Gasteiger charge is -2.24. The van der Waals surface area contributed by atoms with Crippen molar-refractivity contribution >= 4 is 16.7 Å². The number of nitrogens with one attached hydrogen (secondary N) is 1. The third-order valence-corrected chi connectivity index (χ3v) is 5.40. The molecule has 2 aromatic rings. The van der Waals surface area contributed by atoms with Crippen molar-refractivity contribution in [3.63, 3.8) is 0 Å². The third kappa shape index (κ3) is 5.26. The quantitative estimate of drug-likeness (QED) is 0.766. The van der Waals surface area contributed by atoms with Crippen molar-refractivity contribution < 1.29 is 9.90 Å². The molecule has 152 valence electrons. The van der Waals surface area contributed by atoms with Crippen molar-refractivity contribution in [3.8, 4) is 11.8 Å². The van der Waals surface area contributed by atoms with E-state index in [9.17, 15) is 9.90 Å². The number of nitrogens with zero attached hydrogens (tertiary/aromatic N) is 1. The average molecular weight is 391 g/mol. The minimum atomic E-state index is -0.752. The van der Waals surface area contributed by atoms with Crippen LogP contribution in [0.3, 0.4) is 0 Å². The number of rotatable bonds is 5. The van der Waals surface area contributed by atoms with Gasteiger partial charge in [0.2, 0.25) is 5.91 Å². The molecular weight excluding hydrogens is 360 g/mol. The lowest BCUT2D eigenvalue weighted by atomic mass is 9.92. The van der Waals surface area contributed by atoms with Gasteiger partial charge in [-0.2, -0.15) is 0 Å². The number of fused-ring (bicyclic) bond motifs is 1. The van der Waals surface area contributed by atoms with Gasteiger partial charge in [0.05, 0.1) is 6.10 Å². The molecule has 1 fully saturated rings. The maximum Gasteiger partial charge on any atom is 0.240 e. The van der Waals surface area contributed by atoms with Crippen LogP contribution in [-0.2, 0) is 4.79 Å². The van der Waals surface area contributed by atoms with Gasteiger partial charge in [-0.3, -0.25) is 4.79 Å². The number of hydrogen-bond donors (Lipinski definition) is 2. The van der Waals surface area contributed by atoms with Crippen LogP contribution in [0.5, 0.6) is 0 Å². The summed E-state index contributed by atoms with van der Waals surface area (Å²) in [5.74, 6) is 6.04. The fraction of sp³-hybridized carbons (Fsp3) is 0.400. The molecule has 2 N–H and O–H groups in total. The summed E-state index contributed by atoms with van der Waals surface area (Å²) in [6.45, 7) is 7.55. The van der Waals surface area contributed by atoms with Crippen molar-refractivity contribution in [1.82, 2.24) is 10.2 Å². The number of amides is 1. The molecule has 1 aliphatic heterocycles. The second-order valence-electron chi connectivity index (χ2n) is 8.19. The van der Waals surface area contributed by atoms with Crippen LogP contribution < -0.4 is 5.32 Å². The molecule has 2 atom stereocenters. The van der Waals surface area contributed by atoms with Gasteiger partial charge in [-0.15, -0.1) is 0 Å². The first kappa shape index (κ1) is 21.1. The van der Waals surface area contributed by atoms with Crippen molar-refractivity contribution in [2.45, 2.75) is 39.3 Å². The highest BCUT2D eigenvalue weighted by Crippen LogP contribution is 2.24. The molecule has 0 aromatic heterocycles. The highest BCUT2D eigenvalue weighted by atomic mass is 16.3. The van der Waals surface area contributed by atoms with Crippen LogP contribution in [0, 0.1) is 17.3 Å². The Morgan fingerprint density at radius 3 is 2.83 bits per heavy atom. The van der Waals surface area contributed by atoms with Crippen molar-refractivity contribution in [3.05, 3.63) is 60.2 Å². The number of aliphatic hydroxyl groups is 1. The molecule has 0 bridgehead atoms. The highest BCUT2D eigenvalue weighted by Gasteiger charge is 2.34. The van der Waals surface area contributed by atoms with Crippen molar-refractivity contribution in [2.24, 2.45) is 5.41 Å². The number of benzene rings is 2. The maximum atomic E-state index is 12.6. The summed E-state index contributed by atoms with van der Waals surface area (Å²) in [4.78, 5) is 14.3. The van der Waals surface area contributed by atoms with Gasteiger partial charge in [-0.05, 0) is 49.6 Å². The predicted octanol–water partition coefficient (Wildman–Crippen LogP) is 3.67. The van der Waals surface area contributed by atoms with E-state index >= 15 is 0 Å². The van der Waals surface area contributed by atoms with Gasteiger partial charge >= 0.3 is 0 Å². The molecule has 3 rings (SSSR count). The van der Waals surface area contributed by atoms with E-state index in [1.807, 2.05) is 19.9 Å². The van der Waals surface area contributed by atoms with E-state index < -0.39 is 11.5 Å².